The standard InChI is InChI=1S/C29H39N5O6/c1-7-13-32(16-33-20-12-10-9-11-19(20)30-31-33)26(37)24-29-14-18(5)28(6,40-29)23(27(38)39-8-2)22(29)25(36)34(24)21(15-35)17(3)4/h7,9-12,17-18,21-24,35H,1,8,13-16H2,2-6H3/t18?,21-,22-,23+,24?,28-,29?/m0/s1. The predicted octanol–water partition coefficient (Wildman–Crippen LogP) is 1.99. The fourth-order valence-corrected chi connectivity index (χ4v) is 7.25. The number of nitrogens with zero attached hydrogens (tertiary/aromatic N) is 5. The summed E-state index contributed by atoms with van der Waals surface area (Å²) in [6.07, 6.45) is 2.05. The number of amides is 2. The Bertz CT molecular complexity index is 1330. The number of ether oxygens (including phenoxy) is 2. The summed E-state index contributed by atoms with van der Waals surface area (Å²) in [7, 11) is 0. The fourth-order valence-electron chi connectivity index (χ4n) is 7.25. The van der Waals surface area contributed by atoms with Crippen LogP contribution in [0.15, 0.2) is 36.9 Å². The maximum absolute atomic E-state index is 14.7. The Morgan fingerprint density at radius 2 is 2.08 bits per heavy atom. The molecule has 0 saturated carbocycles. The summed E-state index contributed by atoms with van der Waals surface area (Å²) in [6, 6.07) is 5.76. The normalized spacial score (nSPS) is 31.6. The molecule has 3 saturated heterocycles. The Morgan fingerprint density at radius 3 is 2.73 bits per heavy atom. The molecule has 3 fully saturated rings. The lowest BCUT2D eigenvalue weighted by Gasteiger charge is -2.40. The van der Waals surface area contributed by atoms with E-state index in [-0.39, 0.29) is 50.1 Å². The quantitative estimate of drug-likeness (QED) is 0.350. The molecule has 1 N–H and O–H groups in total. The third kappa shape index (κ3) is 3.96. The number of hydrogen-bond donors (Lipinski definition) is 1. The van der Waals surface area contributed by atoms with E-state index in [1.54, 1.807) is 22.6 Å². The minimum Gasteiger partial charge on any atom is -0.466 e. The van der Waals surface area contributed by atoms with Crippen molar-refractivity contribution < 1.29 is 29.0 Å². The van der Waals surface area contributed by atoms with Gasteiger partial charge in [-0.15, -0.1) is 11.7 Å². The number of aliphatic hydroxyl groups excluding tert-OH is 1. The second-order valence-corrected chi connectivity index (χ2v) is 11.8. The molecule has 11 nitrogen and oxygen atoms in total. The lowest BCUT2D eigenvalue weighted by atomic mass is 9.62. The number of rotatable bonds is 10. The van der Waals surface area contributed by atoms with Gasteiger partial charge in [-0.2, -0.15) is 0 Å². The summed E-state index contributed by atoms with van der Waals surface area (Å²) in [5.41, 5.74) is -0.750. The van der Waals surface area contributed by atoms with E-state index >= 15 is 0 Å². The average Bonchev–Trinajstić information content (AvgIpc) is 3.58. The lowest BCUT2D eigenvalue weighted by Crippen LogP contribution is -2.60. The molecule has 2 bridgehead atoms. The molecule has 1 aromatic heterocycles. The Kier molecular flexibility index (Phi) is 7.24. The van der Waals surface area contributed by atoms with E-state index < -0.39 is 41.1 Å². The minimum atomic E-state index is -1.24. The van der Waals surface area contributed by atoms with Crippen molar-refractivity contribution in [3.63, 3.8) is 0 Å². The topological polar surface area (TPSA) is 127 Å². The largest absolute Gasteiger partial charge is 0.466 e. The number of esters is 1. The van der Waals surface area contributed by atoms with Crippen LogP contribution < -0.4 is 0 Å². The number of hydrogen-bond acceptors (Lipinski definition) is 8. The Hall–Kier alpha value is -3.31. The van der Waals surface area contributed by atoms with E-state index in [9.17, 15) is 19.5 Å². The van der Waals surface area contributed by atoms with Crippen LogP contribution in [0.2, 0.25) is 0 Å². The monoisotopic (exact) mass is 553 g/mol. The Morgan fingerprint density at radius 1 is 1.35 bits per heavy atom. The van der Waals surface area contributed by atoms with Crippen molar-refractivity contribution in [2.45, 2.75) is 71.0 Å². The average molecular weight is 554 g/mol. The van der Waals surface area contributed by atoms with Gasteiger partial charge in [0.1, 0.15) is 29.7 Å². The highest BCUT2D eigenvalue weighted by Crippen LogP contribution is 2.65. The molecule has 2 aromatic rings. The van der Waals surface area contributed by atoms with Gasteiger partial charge in [-0.25, -0.2) is 4.68 Å². The predicted molar refractivity (Wildman–Crippen MR) is 145 cm³/mol. The van der Waals surface area contributed by atoms with Crippen LogP contribution in [-0.4, -0.2) is 90.7 Å². The first-order valence-electron chi connectivity index (χ1n) is 14.0. The van der Waals surface area contributed by atoms with E-state index in [2.05, 4.69) is 16.9 Å². The van der Waals surface area contributed by atoms with E-state index in [1.807, 2.05) is 52.0 Å². The van der Waals surface area contributed by atoms with E-state index in [4.69, 9.17) is 9.47 Å². The van der Waals surface area contributed by atoms with Gasteiger partial charge in [0.2, 0.25) is 11.8 Å². The zero-order chi connectivity index (χ0) is 29.0. The highest BCUT2D eigenvalue weighted by Gasteiger charge is 2.80. The van der Waals surface area contributed by atoms with Gasteiger partial charge in [0.05, 0.1) is 36.3 Å². The summed E-state index contributed by atoms with van der Waals surface area (Å²) in [6.45, 7) is 13.3. The van der Waals surface area contributed by atoms with Crippen LogP contribution in [0.1, 0.15) is 41.0 Å². The van der Waals surface area contributed by atoms with Crippen LogP contribution in [0.5, 0.6) is 0 Å². The second kappa shape index (κ2) is 10.3. The molecule has 1 spiro atoms. The zero-order valence-electron chi connectivity index (χ0n) is 23.8. The van der Waals surface area contributed by atoms with Crippen molar-refractivity contribution in [3.05, 3.63) is 36.9 Å². The van der Waals surface area contributed by atoms with Crippen molar-refractivity contribution >= 4 is 28.8 Å². The van der Waals surface area contributed by atoms with Crippen molar-refractivity contribution in [3.8, 4) is 0 Å². The summed E-state index contributed by atoms with van der Waals surface area (Å²) >= 11 is 0. The Balaban J connectivity index is 1.61. The second-order valence-electron chi connectivity index (χ2n) is 11.8. The van der Waals surface area contributed by atoms with Crippen molar-refractivity contribution in [1.29, 1.82) is 0 Å². The highest BCUT2D eigenvalue weighted by molar-refractivity contribution is 5.98. The first-order chi connectivity index (χ1) is 19.0. The first kappa shape index (κ1) is 28.2. The smallest absolute Gasteiger partial charge is 0.312 e. The molecule has 3 unspecified atom stereocenters. The molecule has 2 amide bonds. The molecule has 4 heterocycles. The summed E-state index contributed by atoms with van der Waals surface area (Å²) in [5, 5.41) is 18.9. The fraction of sp³-hybridized carbons (Fsp3) is 0.621. The molecular weight excluding hydrogens is 514 g/mol. The van der Waals surface area contributed by atoms with Gasteiger partial charge >= 0.3 is 5.97 Å². The number of aromatic nitrogens is 3. The molecule has 0 aliphatic carbocycles. The van der Waals surface area contributed by atoms with E-state index in [0.29, 0.717) is 11.9 Å². The van der Waals surface area contributed by atoms with Gasteiger partial charge in [0.15, 0.2) is 0 Å². The number of benzene rings is 1. The van der Waals surface area contributed by atoms with Gasteiger partial charge in [0.25, 0.3) is 0 Å². The van der Waals surface area contributed by atoms with Crippen molar-refractivity contribution in [2.24, 2.45) is 23.7 Å². The highest BCUT2D eigenvalue weighted by atomic mass is 16.6. The van der Waals surface area contributed by atoms with Crippen molar-refractivity contribution in [2.75, 3.05) is 19.8 Å². The number of fused-ring (bicyclic) bond motifs is 2. The van der Waals surface area contributed by atoms with E-state index in [0.717, 1.165) is 5.52 Å². The van der Waals surface area contributed by atoms with Crippen LogP contribution in [0, 0.1) is 23.7 Å². The molecule has 40 heavy (non-hydrogen) atoms. The SMILES string of the molecule is C=CCN(Cn1nnc2ccccc21)C(=O)C1N([C@@H](CO)C(C)C)C(=O)[C@@H]2[C@H](C(=O)OCC)[C@@]3(C)OC12CC3C. The zero-order valence-corrected chi connectivity index (χ0v) is 23.8. The van der Waals surface area contributed by atoms with Crippen LogP contribution >= 0.6 is 0 Å². The summed E-state index contributed by atoms with van der Waals surface area (Å²) in [4.78, 5) is 45.4. The third-order valence-corrected chi connectivity index (χ3v) is 9.23. The van der Waals surface area contributed by atoms with Gasteiger partial charge < -0.3 is 24.4 Å². The summed E-state index contributed by atoms with van der Waals surface area (Å²) in [5.74, 6) is -3.22. The van der Waals surface area contributed by atoms with Crippen LogP contribution in [-0.2, 0) is 30.5 Å². The van der Waals surface area contributed by atoms with Gasteiger partial charge in [-0.05, 0) is 44.2 Å². The number of para-hydroxylation sites is 1. The van der Waals surface area contributed by atoms with Crippen molar-refractivity contribution in [1.82, 2.24) is 24.8 Å². The third-order valence-electron chi connectivity index (χ3n) is 9.23. The number of carbonyl (C=O) groups excluding carboxylic acids is 3. The van der Waals surface area contributed by atoms with Gasteiger partial charge in [0, 0.05) is 6.54 Å². The molecule has 11 heteroatoms. The molecule has 5 rings (SSSR count). The Labute approximate surface area is 234 Å². The van der Waals surface area contributed by atoms with Gasteiger partial charge in [-0.3, -0.25) is 14.4 Å². The summed E-state index contributed by atoms with van der Waals surface area (Å²) < 4.78 is 13.8. The van der Waals surface area contributed by atoms with Crippen LogP contribution in [0.3, 0.4) is 0 Å². The maximum Gasteiger partial charge on any atom is 0.312 e. The van der Waals surface area contributed by atoms with Gasteiger partial charge in [-0.1, -0.05) is 44.2 Å². The maximum atomic E-state index is 14.7. The molecule has 3 aliphatic rings. The minimum absolute atomic E-state index is 0.0737. The molecule has 0 radical (unpaired) electrons. The van der Waals surface area contributed by atoms with Crippen LogP contribution in [0.4, 0.5) is 0 Å². The first-order valence-corrected chi connectivity index (χ1v) is 14.0. The molecule has 1 aromatic carbocycles. The van der Waals surface area contributed by atoms with E-state index in [1.165, 1.54) is 4.90 Å². The molecule has 216 valence electrons. The molecule has 7 atom stereocenters. The number of aliphatic hydroxyl groups is 1. The van der Waals surface area contributed by atoms with Crippen LogP contribution in [0.25, 0.3) is 11.0 Å². The molecule has 3 aliphatic heterocycles. The molecular formula is C29H39N5O6. The number of likely N-dealkylation sites (tertiary alicyclic amines) is 1. The number of carbonyl (C=O) groups is 3. The lowest BCUT2D eigenvalue weighted by molar-refractivity contribution is -0.164.